The number of hydrogen-bond donors (Lipinski definition) is 2. The first-order valence-electron chi connectivity index (χ1n) is 6.24. The molecule has 5 heteroatoms. The van der Waals surface area contributed by atoms with Gasteiger partial charge in [-0.1, -0.05) is 13.8 Å². The summed E-state index contributed by atoms with van der Waals surface area (Å²) in [6, 6.07) is 0. The number of esters is 1. The predicted molar refractivity (Wildman–Crippen MR) is 61.4 cm³/mol. The quantitative estimate of drug-likeness (QED) is 0.690. The number of carbonyl (C=O) groups excluding carboxylic acids is 1. The Hall–Kier alpha value is -0.650. The molecule has 0 aromatic heterocycles. The number of carbonyl (C=O) groups is 1. The topological polar surface area (TPSA) is 76.0 Å². The molecule has 0 saturated carbocycles. The van der Waals surface area contributed by atoms with Crippen LogP contribution in [0.3, 0.4) is 0 Å². The van der Waals surface area contributed by atoms with Crippen LogP contribution in [-0.4, -0.2) is 47.7 Å². The van der Waals surface area contributed by atoms with Crippen LogP contribution in [0.2, 0.25) is 0 Å². The van der Waals surface area contributed by atoms with E-state index in [-0.39, 0.29) is 18.5 Å². The molecule has 3 atom stereocenters. The molecule has 5 nitrogen and oxygen atoms in total. The van der Waals surface area contributed by atoms with Gasteiger partial charge in [0, 0.05) is 6.61 Å². The highest BCUT2D eigenvalue weighted by molar-refractivity contribution is 5.72. The van der Waals surface area contributed by atoms with Gasteiger partial charge in [0.15, 0.2) is 0 Å². The molecule has 1 heterocycles. The highest BCUT2D eigenvalue weighted by Gasteiger charge is 2.32. The van der Waals surface area contributed by atoms with Gasteiger partial charge >= 0.3 is 5.97 Å². The van der Waals surface area contributed by atoms with Crippen LogP contribution >= 0.6 is 0 Å². The van der Waals surface area contributed by atoms with Gasteiger partial charge in [-0.15, -0.1) is 0 Å². The Balaban J connectivity index is 2.36. The molecule has 0 bridgehead atoms. The smallest absolute Gasteiger partial charge is 0.309 e. The molecule has 17 heavy (non-hydrogen) atoms. The maximum absolute atomic E-state index is 11.6. The van der Waals surface area contributed by atoms with E-state index in [0.717, 1.165) is 12.8 Å². The van der Waals surface area contributed by atoms with E-state index >= 15 is 0 Å². The summed E-state index contributed by atoms with van der Waals surface area (Å²) in [5, 5.41) is 19.1. The van der Waals surface area contributed by atoms with Crippen molar-refractivity contribution in [2.75, 3.05) is 13.2 Å². The Morgan fingerprint density at radius 2 is 2.06 bits per heavy atom. The standard InChI is InChI=1S/C12H22O5/c1-3-8(4-2)12(15)17-7-10-11(14)9(13)5-6-16-10/h8-11,13-14H,3-7H2,1-2H3. The van der Waals surface area contributed by atoms with Gasteiger partial charge in [0.25, 0.3) is 0 Å². The molecule has 1 rings (SSSR count). The van der Waals surface area contributed by atoms with Crippen LogP contribution in [0.5, 0.6) is 0 Å². The van der Waals surface area contributed by atoms with Crippen molar-refractivity contribution < 1.29 is 24.5 Å². The van der Waals surface area contributed by atoms with E-state index in [9.17, 15) is 15.0 Å². The lowest BCUT2D eigenvalue weighted by Crippen LogP contribution is -2.47. The molecule has 0 aliphatic carbocycles. The summed E-state index contributed by atoms with van der Waals surface area (Å²) < 4.78 is 10.4. The second kappa shape index (κ2) is 6.93. The highest BCUT2D eigenvalue weighted by Crippen LogP contribution is 2.16. The third kappa shape index (κ3) is 3.94. The SMILES string of the molecule is CCC(CC)C(=O)OCC1OCCC(O)C1O. The first-order chi connectivity index (χ1) is 8.10. The van der Waals surface area contributed by atoms with Gasteiger partial charge in [-0.25, -0.2) is 0 Å². The minimum absolute atomic E-state index is 0.00750. The minimum atomic E-state index is -0.974. The Kier molecular flexibility index (Phi) is 5.88. The van der Waals surface area contributed by atoms with E-state index < -0.39 is 18.3 Å². The van der Waals surface area contributed by atoms with Gasteiger partial charge in [-0.2, -0.15) is 0 Å². The van der Waals surface area contributed by atoms with E-state index in [0.29, 0.717) is 13.0 Å². The van der Waals surface area contributed by atoms with Gasteiger partial charge in [0.05, 0.1) is 12.0 Å². The van der Waals surface area contributed by atoms with E-state index in [1.807, 2.05) is 13.8 Å². The van der Waals surface area contributed by atoms with Crippen LogP contribution in [0, 0.1) is 5.92 Å². The van der Waals surface area contributed by atoms with E-state index in [1.165, 1.54) is 0 Å². The van der Waals surface area contributed by atoms with Crippen molar-refractivity contribution in [2.45, 2.75) is 51.4 Å². The Bertz CT molecular complexity index is 239. The number of rotatable bonds is 5. The van der Waals surface area contributed by atoms with Crippen LogP contribution in [0.15, 0.2) is 0 Å². The lowest BCUT2D eigenvalue weighted by Gasteiger charge is -2.31. The first-order valence-corrected chi connectivity index (χ1v) is 6.24. The van der Waals surface area contributed by atoms with Crippen LogP contribution in [0.1, 0.15) is 33.1 Å². The zero-order valence-electron chi connectivity index (χ0n) is 10.5. The summed E-state index contributed by atoms with van der Waals surface area (Å²) in [6.45, 7) is 4.26. The molecule has 0 aromatic rings. The molecule has 2 N–H and O–H groups in total. The van der Waals surface area contributed by atoms with Crippen molar-refractivity contribution in [3.05, 3.63) is 0 Å². The van der Waals surface area contributed by atoms with E-state index in [4.69, 9.17) is 9.47 Å². The maximum Gasteiger partial charge on any atom is 0.309 e. The maximum atomic E-state index is 11.6. The fraction of sp³-hybridized carbons (Fsp3) is 0.917. The highest BCUT2D eigenvalue weighted by atomic mass is 16.6. The van der Waals surface area contributed by atoms with Crippen molar-refractivity contribution in [1.82, 2.24) is 0 Å². The third-order valence-electron chi connectivity index (χ3n) is 3.23. The minimum Gasteiger partial charge on any atom is -0.463 e. The van der Waals surface area contributed by atoms with Crippen molar-refractivity contribution >= 4 is 5.97 Å². The number of aliphatic hydroxyl groups excluding tert-OH is 2. The summed E-state index contributed by atoms with van der Waals surface area (Å²) in [5.41, 5.74) is 0. The molecule has 1 aliphatic rings. The summed E-state index contributed by atoms with van der Waals surface area (Å²) in [6.07, 6.45) is -0.480. The average Bonchev–Trinajstić information content (AvgIpc) is 2.32. The van der Waals surface area contributed by atoms with Gasteiger partial charge in [0.1, 0.15) is 18.8 Å². The zero-order chi connectivity index (χ0) is 12.8. The molecule has 0 amide bonds. The lowest BCUT2D eigenvalue weighted by molar-refractivity contribution is -0.172. The molecular formula is C12H22O5. The normalized spacial score (nSPS) is 29.4. The second-order valence-corrected chi connectivity index (χ2v) is 4.40. The molecule has 1 aliphatic heterocycles. The predicted octanol–water partition coefficient (Wildman–Crippen LogP) is 0.477. The van der Waals surface area contributed by atoms with Crippen molar-refractivity contribution in [2.24, 2.45) is 5.92 Å². The summed E-state index contributed by atoms with van der Waals surface area (Å²) >= 11 is 0. The molecule has 0 aromatic carbocycles. The molecule has 0 radical (unpaired) electrons. The van der Waals surface area contributed by atoms with Crippen molar-refractivity contribution in [3.8, 4) is 0 Å². The Morgan fingerprint density at radius 3 is 2.65 bits per heavy atom. The van der Waals surface area contributed by atoms with E-state index in [1.54, 1.807) is 0 Å². The fourth-order valence-corrected chi connectivity index (χ4v) is 1.91. The van der Waals surface area contributed by atoms with Gasteiger partial charge in [-0.3, -0.25) is 4.79 Å². The number of aliphatic hydroxyl groups is 2. The lowest BCUT2D eigenvalue weighted by atomic mass is 10.0. The molecule has 100 valence electrons. The Morgan fingerprint density at radius 1 is 1.41 bits per heavy atom. The molecular weight excluding hydrogens is 224 g/mol. The van der Waals surface area contributed by atoms with Crippen LogP contribution in [0.25, 0.3) is 0 Å². The van der Waals surface area contributed by atoms with Gasteiger partial charge < -0.3 is 19.7 Å². The second-order valence-electron chi connectivity index (χ2n) is 4.40. The van der Waals surface area contributed by atoms with Crippen LogP contribution < -0.4 is 0 Å². The summed E-state index contributed by atoms with van der Waals surface area (Å²) in [5.74, 6) is -0.355. The van der Waals surface area contributed by atoms with Crippen LogP contribution in [-0.2, 0) is 14.3 Å². The monoisotopic (exact) mass is 246 g/mol. The zero-order valence-corrected chi connectivity index (χ0v) is 10.5. The third-order valence-corrected chi connectivity index (χ3v) is 3.23. The first kappa shape index (κ1) is 14.4. The molecule has 1 saturated heterocycles. The molecule has 1 fully saturated rings. The van der Waals surface area contributed by atoms with Crippen molar-refractivity contribution in [3.63, 3.8) is 0 Å². The average molecular weight is 246 g/mol. The summed E-state index contributed by atoms with van der Waals surface area (Å²) in [4.78, 5) is 11.6. The number of hydrogen-bond acceptors (Lipinski definition) is 5. The fourth-order valence-electron chi connectivity index (χ4n) is 1.91. The number of ether oxygens (including phenoxy) is 2. The van der Waals surface area contributed by atoms with Crippen LogP contribution in [0.4, 0.5) is 0 Å². The Labute approximate surface area is 102 Å². The van der Waals surface area contributed by atoms with Gasteiger partial charge in [0.2, 0.25) is 0 Å². The van der Waals surface area contributed by atoms with Gasteiger partial charge in [-0.05, 0) is 19.3 Å². The largest absolute Gasteiger partial charge is 0.463 e. The molecule has 3 unspecified atom stereocenters. The summed E-state index contributed by atoms with van der Waals surface area (Å²) in [7, 11) is 0. The molecule has 0 spiro atoms. The van der Waals surface area contributed by atoms with E-state index in [2.05, 4.69) is 0 Å². The van der Waals surface area contributed by atoms with Crippen molar-refractivity contribution in [1.29, 1.82) is 0 Å².